The van der Waals surface area contributed by atoms with Gasteiger partial charge in [-0.1, -0.05) is 18.6 Å². The fraction of sp³-hybridized carbons (Fsp3) is 0.429. The molecule has 0 radical (unpaired) electrons. The summed E-state index contributed by atoms with van der Waals surface area (Å²) in [6, 6.07) is 10.7. The first kappa shape index (κ1) is 21.8. The third-order valence-electron chi connectivity index (χ3n) is 5.35. The van der Waals surface area contributed by atoms with Crippen molar-refractivity contribution in [3.8, 4) is 0 Å². The lowest BCUT2D eigenvalue weighted by molar-refractivity contribution is -0.120. The average Bonchev–Trinajstić information content (AvgIpc) is 3.42. The molecular weight excluding hydrogens is 438 g/mol. The lowest BCUT2D eigenvalue weighted by Crippen LogP contribution is -2.35. The van der Waals surface area contributed by atoms with Crippen LogP contribution in [0.15, 0.2) is 40.6 Å². The van der Waals surface area contributed by atoms with Crippen LogP contribution in [-0.2, 0) is 32.5 Å². The van der Waals surface area contributed by atoms with Gasteiger partial charge in [0.05, 0.1) is 13.0 Å². The molecule has 0 unspecified atom stereocenters. The van der Waals surface area contributed by atoms with Crippen LogP contribution in [0.4, 0.5) is 10.5 Å². The maximum absolute atomic E-state index is 12.8. The first-order valence-corrected chi connectivity index (χ1v) is 12.6. The Balaban J connectivity index is 1.33. The summed E-state index contributed by atoms with van der Waals surface area (Å²) < 4.78 is 32.3. The maximum atomic E-state index is 12.8. The molecule has 1 aromatic heterocycles. The number of cyclic esters (lactones) is 1. The minimum atomic E-state index is -3.47. The molecule has 0 spiro atoms. The van der Waals surface area contributed by atoms with E-state index in [4.69, 9.17) is 4.74 Å². The molecule has 4 rings (SSSR count). The van der Waals surface area contributed by atoms with Crippen LogP contribution in [0.3, 0.4) is 0 Å². The molecular formula is C21H25N3O5S2. The van der Waals surface area contributed by atoms with E-state index < -0.39 is 10.0 Å². The largest absolute Gasteiger partial charge is 0.447 e. The SMILES string of the molecule is O=C(Cc1ccc(S(=O)(=O)N2CCCCC2)s1)NCc1cccc(N2CCOC2=O)c1. The van der Waals surface area contributed by atoms with Gasteiger partial charge in [0.15, 0.2) is 0 Å². The van der Waals surface area contributed by atoms with Crippen LogP contribution in [0.1, 0.15) is 29.7 Å². The molecule has 8 nitrogen and oxygen atoms in total. The number of carbonyl (C=O) groups excluding carboxylic acids is 2. The summed E-state index contributed by atoms with van der Waals surface area (Å²) in [5, 5.41) is 2.86. The predicted molar refractivity (Wildman–Crippen MR) is 118 cm³/mol. The first-order valence-electron chi connectivity index (χ1n) is 10.3. The molecule has 1 aromatic carbocycles. The van der Waals surface area contributed by atoms with E-state index >= 15 is 0 Å². The van der Waals surface area contributed by atoms with Crippen molar-refractivity contribution >= 4 is 39.0 Å². The number of anilines is 1. The molecule has 10 heteroatoms. The highest BCUT2D eigenvalue weighted by molar-refractivity contribution is 7.91. The predicted octanol–water partition coefficient (Wildman–Crippen LogP) is 2.74. The number of rotatable bonds is 7. The third-order valence-corrected chi connectivity index (χ3v) is 8.80. The lowest BCUT2D eigenvalue weighted by atomic mass is 10.2. The second kappa shape index (κ2) is 9.37. The second-order valence-corrected chi connectivity index (χ2v) is 10.9. The molecule has 2 amide bonds. The molecule has 0 bridgehead atoms. The summed E-state index contributed by atoms with van der Waals surface area (Å²) in [5.74, 6) is -0.185. The van der Waals surface area contributed by atoms with Gasteiger partial charge in [0.2, 0.25) is 5.91 Å². The van der Waals surface area contributed by atoms with Crippen molar-refractivity contribution in [2.45, 2.75) is 36.4 Å². The maximum Gasteiger partial charge on any atom is 0.414 e. The molecule has 2 fully saturated rings. The van der Waals surface area contributed by atoms with Crippen LogP contribution in [-0.4, -0.2) is 51.0 Å². The van der Waals surface area contributed by atoms with E-state index in [-0.39, 0.29) is 18.4 Å². The van der Waals surface area contributed by atoms with E-state index in [9.17, 15) is 18.0 Å². The van der Waals surface area contributed by atoms with Crippen LogP contribution >= 0.6 is 11.3 Å². The molecule has 2 aliphatic heterocycles. The van der Waals surface area contributed by atoms with Gasteiger partial charge >= 0.3 is 6.09 Å². The second-order valence-electron chi connectivity index (χ2n) is 7.57. The number of nitrogens with zero attached hydrogens (tertiary/aromatic N) is 2. The monoisotopic (exact) mass is 463 g/mol. The number of hydrogen-bond donors (Lipinski definition) is 1. The third kappa shape index (κ3) is 5.08. The van der Waals surface area contributed by atoms with E-state index in [0.717, 1.165) is 41.9 Å². The fourth-order valence-corrected chi connectivity index (χ4v) is 6.73. The van der Waals surface area contributed by atoms with E-state index in [1.54, 1.807) is 17.0 Å². The van der Waals surface area contributed by atoms with Crippen LogP contribution in [0.25, 0.3) is 0 Å². The number of ether oxygens (including phenoxy) is 1. The minimum absolute atomic E-state index is 0.123. The number of sulfonamides is 1. The Morgan fingerprint density at radius 3 is 2.65 bits per heavy atom. The number of piperidine rings is 1. The molecule has 0 atom stereocenters. The zero-order valence-corrected chi connectivity index (χ0v) is 18.7. The Hall–Kier alpha value is -2.43. The van der Waals surface area contributed by atoms with Crippen LogP contribution in [0.5, 0.6) is 0 Å². The molecule has 31 heavy (non-hydrogen) atoms. The summed E-state index contributed by atoms with van der Waals surface area (Å²) in [4.78, 5) is 26.4. The van der Waals surface area contributed by atoms with Gasteiger partial charge in [-0.15, -0.1) is 11.3 Å². The lowest BCUT2D eigenvalue weighted by Gasteiger charge is -2.25. The zero-order valence-electron chi connectivity index (χ0n) is 17.1. The van der Waals surface area contributed by atoms with Crippen LogP contribution in [0, 0.1) is 0 Å². The summed E-state index contributed by atoms with van der Waals surface area (Å²) in [5.41, 5.74) is 1.60. The van der Waals surface area contributed by atoms with Gasteiger partial charge in [-0.3, -0.25) is 9.69 Å². The van der Waals surface area contributed by atoms with E-state index in [1.165, 1.54) is 4.31 Å². The van der Waals surface area contributed by atoms with Crippen molar-refractivity contribution in [3.05, 3.63) is 46.8 Å². The molecule has 0 aliphatic carbocycles. The van der Waals surface area contributed by atoms with Crippen molar-refractivity contribution in [3.63, 3.8) is 0 Å². The first-order chi connectivity index (χ1) is 14.9. The summed E-state index contributed by atoms with van der Waals surface area (Å²) in [6.07, 6.45) is 2.60. The number of carbonyl (C=O) groups is 2. The van der Waals surface area contributed by atoms with Gasteiger partial charge in [-0.25, -0.2) is 13.2 Å². The van der Waals surface area contributed by atoms with Crippen LogP contribution < -0.4 is 10.2 Å². The van der Waals surface area contributed by atoms with Crippen molar-refractivity contribution in [1.82, 2.24) is 9.62 Å². The van der Waals surface area contributed by atoms with Gasteiger partial charge < -0.3 is 10.1 Å². The molecule has 1 N–H and O–H groups in total. The normalized spacial score (nSPS) is 17.5. The van der Waals surface area contributed by atoms with Crippen LogP contribution in [0.2, 0.25) is 0 Å². The molecule has 2 aliphatic rings. The van der Waals surface area contributed by atoms with Crippen molar-refractivity contribution in [1.29, 1.82) is 0 Å². The molecule has 0 saturated carbocycles. The molecule has 2 aromatic rings. The van der Waals surface area contributed by atoms with Gasteiger partial charge in [0.1, 0.15) is 10.8 Å². The molecule has 3 heterocycles. The van der Waals surface area contributed by atoms with Gasteiger partial charge in [0.25, 0.3) is 10.0 Å². The Morgan fingerprint density at radius 1 is 1.10 bits per heavy atom. The standard InChI is InChI=1S/C21H25N3O5S2/c25-19(22-15-16-5-4-6-17(13-16)24-11-12-29-21(24)26)14-18-7-8-20(30-18)31(27,28)23-9-2-1-3-10-23/h4-8,13H,1-3,9-12,14-15H2,(H,22,25). The van der Waals surface area contributed by atoms with Gasteiger partial charge in [-0.2, -0.15) is 4.31 Å². The highest BCUT2D eigenvalue weighted by Gasteiger charge is 2.27. The van der Waals surface area contributed by atoms with Crippen molar-refractivity contribution in [2.75, 3.05) is 31.1 Å². The van der Waals surface area contributed by atoms with E-state index in [1.807, 2.05) is 24.3 Å². The number of thiophene rings is 1. The molecule has 2 saturated heterocycles. The average molecular weight is 464 g/mol. The Labute approximate surface area is 185 Å². The smallest absolute Gasteiger partial charge is 0.414 e. The summed E-state index contributed by atoms with van der Waals surface area (Å²) in [6.45, 7) is 2.32. The Bertz CT molecular complexity index is 1060. The summed E-state index contributed by atoms with van der Waals surface area (Å²) >= 11 is 1.15. The Morgan fingerprint density at radius 2 is 1.90 bits per heavy atom. The van der Waals surface area contributed by atoms with Crippen molar-refractivity contribution < 1.29 is 22.7 Å². The molecule has 166 valence electrons. The number of amides is 2. The van der Waals surface area contributed by atoms with Crippen molar-refractivity contribution in [2.24, 2.45) is 0 Å². The highest BCUT2D eigenvalue weighted by Crippen LogP contribution is 2.27. The summed E-state index contributed by atoms with van der Waals surface area (Å²) in [7, 11) is -3.47. The van der Waals surface area contributed by atoms with E-state index in [0.29, 0.717) is 41.9 Å². The minimum Gasteiger partial charge on any atom is -0.447 e. The topological polar surface area (TPSA) is 96.0 Å². The number of nitrogens with one attached hydrogen (secondary N) is 1. The number of benzene rings is 1. The van der Waals surface area contributed by atoms with Gasteiger partial charge in [0, 0.05) is 30.2 Å². The van der Waals surface area contributed by atoms with Gasteiger partial charge in [-0.05, 0) is 42.7 Å². The van der Waals surface area contributed by atoms with E-state index in [2.05, 4.69) is 5.32 Å². The Kier molecular flexibility index (Phi) is 6.59. The fourth-order valence-electron chi connectivity index (χ4n) is 3.71. The highest BCUT2D eigenvalue weighted by atomic mass is 32.2. The number of hydrogen-bond acceptors (Lipinski definition) is 6. The quantitative estimate of drug-likeness (QED) is 0.681. The zero-order chi connectivity index (χ0) is 21.8.